The standard InChI is InChI=1S/C16H22N4O2S2/c1-10(15(21)17-11-6-3-4-7-12(11)22-2)20-14(18-19-16(20)23)13-8-5-9-24-13/h5,8-12H,3-4,6-7H2,1-2H3,(H,17,21)(H,19,23)/t10-,11+,12-/m1/s1. The van der Waals surface area contributed by atoms with Crippen LogP contribution in [-0.4, -0.2) is 39.9 Å². The van der Waals surface area contributed by atoms with Crippen LogP contribution in [0, 0.1) is 4.77 Å². The second-order valence-electron chi connectivity index (χ2n) is 6.05. The van der Waals surface area contributed by atoms with Gasteiger partial charge in [-0.2, -0.15) is 5.10 Å². The third-order valence-electron chi connectivity index (χ3n) is 4.55. The highest BCUT2D eigenvalue weighted by Crippen LogP contribution is 2.26. The fourth-order valence-electron chi connectivity index (χ4n) is 3.21. The molecule has 2 aromatic rings. The van der Waals surface area contributed by atoms with Gasteiger partial charge in [-0.15, -0.1) is 11.3 Å². The van der Waals surface area contributed by atoms with Crippen LogP contribution in [0.2, 0.25) is 0 Å². The molecule has 2 N–H and O–H groups in total. The summed E-state index contributed by atoms with van der Waals surface area (Å²) >= 11 is 6.91. The van der Waals surface area contributed by atoms with Crippen molar-refractivity contribution in [1.29, 1.82) is 0 Å². The van der Waals surface area contributed by atoms with E-state index in [1.54, 1.807) is 23.0 Å². The second-order valence-corrected chi connectivity index (χ2v) is 7.38. The Morgan fingerprint density at radius 1 is 1.54 bits per heavy atom. The van der Waals surface area contributed by atoms with Gasteiger partial charge in [-0.3, -0.25) is 14.5 Å². The molecule has 1 aliphatic carbocycles. The van der Waals surface area contributed by atoms with E-state index in [1.807, 2.05) is 24.4 Å². The summed E-state index contributed by atoms with van der Waals surface area (Å²) in [5.74, 6) is 0.642. The molecule has 0 radical (unpaired) electrons. The van der Waals surface area contributed by atoms with Crippen molar-refractivity contribution < 1.29 is 9.53 Å². The van der Waals surface area contributed by atoms with Gasteiger partial charge >= 0.3 is 0 Å². The number of aromatic nitrogens is 3. The Morgan fingerprint density at radius 2 is 2.33 bits per heavy atom. The van der Waals surface area contributed by atoms with Crippen molar-refractivity contribution in [2.45, 2.75) is 50.8 Å². The summed E-state index contributed by atoms with van der Waals surface area (Å²) in [6, 6.07) is 3.55. The number of hydrogen-bond acceptors (Lipinski definition) is 5. The largest absolute Gasteiger partial charge is 0.379 e. The third kappa shape index (κ3) is 3.45. The number of hydrogen-bond donors (Lipinski definition) is 2. The normalized spacial score (nSPS) is 22.2. The predicted octanol–water partition coefficient (Wildman–Crippen LogP) is 3.30. The first kappa shape index (κ1) is 17.3. The highest BCUT2D eigenvalue weighted by Gasteiger charge is 2.29. The fraction of sp³-hybridized carbons (Fsp3) is 0.562. The number of nitrogens with zero attached hydrogens (tertiary/aromatic N) is 2. The first-order valence-electron chi connectivity index (χ1n) is 8.15. The van der Waals surface area contributed by atoms with Crippen LogP contribution in [0.1, 0.15) is 38.6 Å². The first-order chi connectivity index (χ1) is 11.6. The molecule has 0 unspecified atom stereocenters. The molecule has 1 fully saturated rings. The van der Waals surface area contributed by atoms with Crippen LogP contribution < -0.4 is 5.32 Å². The molecule has 2 aromatic heterocycles. The topological polar surface area (TPSA) is 71.9 Å². The summed E-state index contributed by atoms with van der Waals surface area (Å²) in [7, 11) is 1.71. The summed E-state index contributed by atoms with van der Waals surface area (Å²) in [5.41, 5.74) is 0. The van der Waals surface area contributed by atoms with E-state index >= 15 is 0 Å². The Labute approximate surface area is 150 Å². The summed E-state index contributed by atoms with van der Waals surface area (Å²) < 4.78 is 7.75. The zero-order chi connectivity index (χ0) is 17.1. The Bertz CT molecular complexity index is 738. The lowest BCUT2D eigenvalue weighted by Crippen LogP contribution is -2.47. The van der Waals surface area contributed by atoms with Crippen molar-refractivity contribution in [3.63, 3.8) is 0 Å². The summed E-state index contributed by atoms with van der Waals surface area (Å²) in [4.78, 5) is 13.8. The molecular formula is C16H22N4O2S2. The minimum absolute atomic E-state index is 0.0562. The van der Waals surface area contributed by atoms with Gasteiger partial charge in [0.05, 0.1) is 17.0 Å². The zero-order valence-electron chi connectivity index (χ0n) is 13.8. The van der Waals surface area contributed by atoms with Crippen LogP contribution >= 0.6 is 23.6 Å². The van der Waals surface area contributed by atoms with E-state index in [4.69, 9.17) is 17.0 Å². The average molecular weight is 367 g/mol. The average Bonchev–Trinajstić information content (AvgIpc) is 3.24. The van der Waals surface area contributed by atoms with Gasteiger partial charge in [0.1, 0.15) is 6.04 Å². The van der Waals surface area contributed by atoms with Crippen molar-refractivity contribution in [3.05, 3.63) is 22.3 Å². The van der Waals surface area contributed by atoms with Crippen LogP contribution in [0.3, 0.4) is 0 Å². The highest BCUT2D eigenvalue weighted by molar-refractivity contribution is 7.71. The van der Waals surface area contributed by atoms with Gasteiger partial charge in [-0.1, -0.05) is 18.9 Å². The van der Waals surface area contributed by atoms with E-state index in [2.05, 4.69) is 15.5 Å². The SMILES string of the molecule is CO[C@@H]1CCCC[C@@H]1NC(=O)[C@@H](C)n1c(-c2cccs2)n[nH]c1=S. The molecule has 1 saturated carbocycles. The van der Waals surface area contributed by atoms with E-state index in [-0.39, 0.29) is 18.1 Å². The van der Waals surface area contributed by atoms with Gasteiger partial charge < -0.3 is 10.1 Å². The van der Waals surface area contributed by atoms with E-state index in [9.17, 15) is 4.79 Å². The molecule has 3 atom stereocenters. The zero-order valence-corrected chi connectivity index (χ0v) is 15.5. The van der Waals surface area contributed by atoms with E-state index in [0.29, 0.717) is 10.6 Å². The molecule has 1 aliphatic rings. The lowest BCUT2D eigenvalue weighted by molar-refractivity contribution is -0.126. The van der Waals surface area contributed by atoms with E-state index < -0.39 is 6.04 Å². The smallest absolute Gasteiger partial charge is 0.243 e. The third-order valence-corrected chi connectivity index (χ3v) is 5.70. The van der Waals surface area contributed by atoms with Crippen molar-refractivity contribution >= 4 is 29.5 Å². The Morgan fingerprint density at radius 3 is 3.04 bits per heavy atom. The molecule has 0 saturated heterocycles. The van der Waals surface area contributed by atoms with Crippen molar-refractivity contribution in [3.8, 4) is 10.7 Å². The van der Waals surface area contributed by atoms with Gasteiger partial charge in [0.25, 0.3) is 0 Å². The van der Waals surface area contributed by atoms with Crippen LogP contribution in [0.5, 0.6) is 0 Å². The molecule has 0 aromatic carbocycles. The Kier molecular flexibility index (Phi) is 5.47. The van der Waals surface area contributed by atoms with Gasteiger partial charge in [0, 0.05) is 7.11 Å². The Balaban J connectivity index is 1.79. The molecular weight excluding hydrogens is 344 g/mol. The van der Waals surface area contributed by atoms with Gasteiger partial charge in [0.2, 0.25) is 5.91 Å². The summed E-state index contributed by atoms with van der Waals surface area (Å²) in [6.45, 7) is 1.85. The fourth-order valence-corrected chi connectivity index (χ4v) is 4.21. The summed E-state index contributed by atoms with van der Waals surface area (Å²) in [6.07, 6.45) is 4.29. The number of rotatable bonds is 5. The number of carbonyl (C=O) groups excluding carboxylic acids is 1. The van der Waals surface area contributed by atoms with Crippen molar-refractivity contribution in [2.24, 2.45) is 0 Å². The maximum Gasteiger partial charge on any atom is 0.243 e. The highest BCUT2D eigenvalue weighted by atomic mass is 32.1. The number of carbonyl (C=O) groups is 1. The molecule has 6 nitrogen and oxygen atoms in total. The molecule has 8 heteroatoms. The van der Waals surface area contributed by atoms with Gasteiger partial charge in [-0.25, -0.2) is 0 Å². The quantitative estimate of drug-likeness (QED) is 0.797. The van der Waals surface area contributed by atoms with Crippen LogP contribution in [-0.2, 0) is 9.53 Å². The van der Waals surface area contributed by atoms with Crippen molar-refractivity contribution in [1.82, 2.24) is 20.1 Å². The molecule has 1 amide bonds. The number of thiophene rings is 1. The lowest BCUT2D eigenvalue weighted by atomic mass is 9.92. The monoisotopic (exact) mass is 366 g/mol. The van der Waals surface area contributed by atoms with Crippen LogP contribution in [0.4, 0.5) is 0 Å². The number of methoxy groups -OCH3 is 1. The molecule has 24 heavy (non-hydrogen) atoms. The number of amides is 1. The number of aromatic amines is 1. The molecule has 3 rings (SSSR count). The minimum Gasteiger partial charge on any atom is -0.379 e. The number of H-pyrrole nitrogens is 1. The van der Waals surface area contributed by atoms with Crippen LogP contribution in [0.15, 0.2) is 17.5 Å². The maximum atomic E-state index is 12.8. The molecule has 130 valence electrons. The Hall–Kier alpha value is -1.51. The minimum atomic E-state index is -0.437. The van der Waals surface area contributed by atoms with Gasteiger partial charge in [0.15, 0.2) is 10.6 Å². The molecule has 0 spiro atoms. The van der Waals surface area contributed by atoms with Crippen molar-refractivity contribution in [2.75, 3.05) is 7.11 Å². The number of ether oxygens (including phenoxy) is 1. The van der Waals surface area contributed by atoms with Crippen LogP contribution in [0.25, 0.3) is 10.7 Å². The number of nitrogens with one attached hydrogen (secondary N) is 2. The summed E-state index contributed by atoms with van der Waals surface area (Å²) in [5, 5.41) is 12.2. The first-order valence-corrected chi connectivity index (χ1v) is 9.44. The lowest BCUT2D eigenvalue weighted by Gasteiger charge is -2.32. The molecule has 0 aliphatic heterocycles. The second kappa shape index (κ2) is 7.58. The predicted molar refractivity (Wildman–Crippen MR) is 96.6 cm³/mol. The van der Waals surface area contributed by atoms with E-state index in [0.717, 1.165) is 30.6 Å². The van der Waals surface area contributed by atoms with E-state index in [1.165, 1.54) is 0 Å². The maximum absolute atomic E-state index is 12.8. The molecule has 2 heterocycles. The van der Waals surface area contributed by atoms with Gasteiger partial charge in [-0.05, 0) is 43.4 Å². The molecule has 0 bridgehead atoms.